The van der Waals surface area contributed by atoms with Crippen molar-refractivity contribution >= 4 is 53.0 Å². The van der Waals surface area contributed by atoms with E-state index >= 15 is 0 Å². The predicted octanol–water partition coefficient (Wildman–Crippen LogP) is 4.35. The number of thioether (sulfide) groups is 1. The Morgan fingerprint density at radius 1 is 1.28 bits per heavy atom. The smallest absolute Gasteiger partial charge is 0.191 e. The second-order valence-electron chi connectivity index (χ2n) is 5.61. The molecule has 1 unspecified atom stereocenters. The highest BCUT2D eigenvalue weighted by atomic mass is 127. The fourth-order valence-corrected chi connectivity index (χ4v) is 3.96. The first-order valence-corrected chi connectivity index (χ1v) is 10.0. The van der Waals surface area contributed by atoms with Gasteiger partial charge in [0, 0.05) is 47.8 Å². The van der Waals surface area contributed by atoms with Crippen molar-refractivity contribution in [3.05, 3.63) is 46.4 Å². The summed E-state index contributed by atoms with van der Waals surface area (Å²) in [6.07, 6.45) is 2.07. The zero-order valence-electron chi connectivity index (χ0n) is 15.0. The van der Waals surface area contributed by atoms with Gasteiger partial charge in [-0.2, -0.15) is 0 Å². The predicted molar refractivity (Wildman–Crippen MR) is 122 cm³/mol. The third-order valence-corrected chi connectivity index (χ3v) is 5.53. The maximum atomic E-state index is 4.49. The normalized spacial score (nSPS) is 12.4. The molecular formula is C18H27IN4S2. The van der Waals surface area contributed by atoms with Gasteiger partial charge in [-0.25, -0.2) is 4.98 Å². The molecular weight excluding hydrogens is 463 g/mol. The van der Waals surface area contributed by atoms with Crippen molar-refractivity contribution in [2.45, 2.75) is 36.8 Å². The Hall–Kier alpha value is -0.800. The molecule has 1 atom stereocenters. The van der Waals surface area contributed by atoms with E-state index in [0.717, 1.165) is 37.6 Å². The van der Waals surface area contributed by atoms with Crippen LogP contribution < -0.4 is 10.6 Å². The highest BCUT2D eigenvalue weighted by molar-refractivity contribution is 14.0. The SMILES string of the molecule is CN=C(NCCCc1nc(C)cs1)NCC(C)Sc1ccccc1.I. The average Bonchev–Trinajstić information content (AvgIpc) is 3.00. The Morgan fingerprint density at radius 3 is 2.68 bits per heavy atom. The van der Waals surface area contributed by atoms with Crippen molar-refractivity contribution in [2.24, 2.45) is 4.99 Å². The molecule has 0 spiro atoms. The summed E-state index contributed by atoms with van der Waals surface area (Å²) in [6.45, 7) is 6.05. The van der Waals surface area contributed by atoms with Gasteiger partial charge < -0.3 is 10.6 Å². The first-order valence-electron chi connectivity index (χ1n) is 8.24. The zero-order valence-corrected chi connectivity index (χ0v) is 19.0. The summed E-state index contributed by atoms with van der Waals surface area (Å²) in [5, 5.41) is 10.6. The molecule has 7 heteroatoms. The Bertz CT molecular complexity index is 631. The number of guanidine groups is 1. The number of rotatable bonds is 8. The van der Waals surface area contributed by atoms with Gasteiger partial charge in [-0.3, -0.25) is 4.99 Å². The standard InChI is InChI=1S/C18H26N4S2.HI/c1-14-13-23-17(22-14)10-7-11-20-18(19-3)21-12-15(2)24-16-8-5-4-6-9-16;/h4-6,8-9,13,15H,7,10-12H2,1-3H3,(H2,19,20,21);1H. The molecule has 0 saturated carbocycles. The van der Waals surface area contributed by atoms with E-state index in [2.05, 4.69) is 57.2 Å². The molecule has 2 aromatic rings. The number of hydrogen-bond donors (Lipinski definition) is 2. The molecule has 0 aliphatic carbocycles. The lowest BCUT2D eigenvalue weighted by Gasteiger charge is -2.15. The molecule has 25 heavy (non-hydrogen) atoms. The van der Waals surface area contributed by atoms with Crippen LogP contribution in [0.1, 0.15) is 24.0 Å². The molecule has 0 amide bonds. The maximum Gasteiger partial charge on any atom is 0.191 e. The van der Waals surface area contributed by atoms with Gasteiger partial charge in [0.25, 0.3) is 0 Å². The summed E-state index contributed by atoms with van der Waals surface area (Å²) in [7, 11) is 1.81. The second-order valence-corrected chi connectivity index (χ2v) is 8.06. The highest BCUT2D eigenvalue weighted by Crippen LogP contribution is 2.21. The Morgan fingerprint density at radius 2 is 2.04 bits per heavy atom. The monoisotopic (exact) mass is 490 g/mol. The molecule has 0 saturated heterocycles. The van der Waals surface area contributed by atoms with Crippen molar-refractivity contribution in [1.29, 1.82) is 0 Å². The summed E-state index contributed by atoms with van der Waals surface area (Å²) >= 11 is 3.61. The lowest BCUT2D eigenvalue weighted by Crippen LogP contribution is -2.40. The average molecular weight is 490 g/mol. The van der Waals surface area contributed by atoms with Gasteiger partial charge in [0.1, 0.15) is 0 Å². The number of thiazole rings is 1. The Kier molecular flexibility index (Phi) is 11.2. The lowest BCUT2D eigenvalue weighted by atomic mass is 10.3. The number of aliphatic imine (C=N–C) groups is 1. The Labute approximate surface area is 176 Å². The third-order valence-electron chi connectivity index (χ3n) is 3.39. The number of aryl methyl sites for hydroxylation is 2. The summed E-state index contributed by atoms with van der Waals surface area (Å²) < 4.78 is 0. The summed E-state index contributed by atoms with van der Waals surface area (Å²) in [5.41, 5.74) is 1.12. The third kappa shape index (κ3) is 8.91. The van der Waals surface area contributed by atoms with Crippen LogP contribution in [0.2, 0.25) is 0 Å². The van der Waals surface area contributed by atoms with Crippen molar-refractivity contribution in [2.75, 3.05) is 20.1 Å². The first-order chi connectivity index (χ1) is 11.7. The molecule has 2 rings (SSSR count). The largest absolute Gasteiger partial charge is 0.356 e. The molecule has 138 valence electrons. The van der Waals surface area contributed by atoms with E-state index in [1.165, 1.54) is 9.90 Å². The summed E-state index contributed by atoms with van der Waals surface area (Å²) in [4.78, 5) is 10.1. The van der Waals surface area contributed by atoms with Crippen LogP contribution in [-0.2, 0) is 6.42 Å². The van der Waals surface area contributed by atoms with Crippen molar-refractivity contribution in [3.63, 3.8) is 0 Å². The van der Waals surface area contributed by atoms with Crippen LogP contribution >= 0.6 is 47.1 Å². The second kappa shape index (κ2) is 12.5. The van der Waals surface area contributed by atoms with Crippen molar-refractivity contribution < 1.29 is 0 Å². The maximum absolute atomic E-state index is 4.49. The van der Waals surface area contributed by atoms with Crippen LogP contribution in [0.25, 0.3) is 0 Å². The van der Waals surface area contributed by atoms with Crippen molar-refractivity contribution in [1.82, 2.24) is 15.6 Å². The minimum atomic E-state index is 0. The van der Waals surface area contributed by atoms with Gasteiger partial charge in [0.2, 0.25) is 0 Å². The summed E-state index contributed by atoms with van der Waals surface area (Å²) in [6, 6.07) is 10.5. The van der Waals surface area contributed by atoms with Crippen molar-refractivity contribution in [3.8, 4) is 0 Å². The van der Waals surface area contributed by atoms with Crippen LogP contribution in [0.15, 0.2) is 45.6 Å². The lowest BCUT2D eigenvalue weighted by molar-refractivity contribution is 0.735. The topological polar surface area (TPSA) is 49.3 Å². The van der Waals surface area contributed by atoms with E-state index in [0.29, 0.717) is 5.25 Å². The number of aromatic nitrogens is 1. The number of halogens is 1. The number of nitrogens with one attached hydrogen (secondary N) is 2. The van der Waals surface area contributed by atoms with Gasteiger partial charge in [-0.1, -0.05) is 25.1 Å². The molecule has 2 N–H and O–H groups in total. The zero-order chi connectivity index (χ0) is 17.2. The van der Waals surface area contributed by atoms with Crippen LogP contribution in [-0.4, -0.2) is 36.3 Å². The molecule has 1 heterocycles. The van der Waals surface area contributed by atoms with Gasteiger partial charge in [-0.05, 0) is 25.5 Å². The molecule has 1 aromatic heterocycles. The van der Waals surface area contributed by atoms with Crippen LogP contribution in [0.3, 0.4) is 0 Å². The van der Waals surface area contributed by atoms with E-state index in [1.807, 2.05) is 31.8 Å². The van der Waals surface area contributed by atoms with E-state index in [4.69, 9.17) is 0 Å². The van der Waals surface area contributed by atoms with E-state index in [9.17, 15) is 0 Å². The minimum absolute atomic E-state index is 0. The number of hydrogen-bond acceptors (Lipinski definition) is 4. The molecule has 0 radical (unpaired) electrons. The number of benzene rings is 1. The highest BCUT2D eigenvalue weighted by Gasteiger charge is 2.06. The molecule has 0 aliphatic rings. The quantitative estimate of drug-likeness (QED) is 0.190. The van der Waals surface area contributed by atoms with Gasteiger partial charge in [-0.15, -0.1) is 47.1 Å². The Balaban J connectivity index is 0.00000312. The van der Waals surface area contributed by atoms with Crippen LogP contribution in [0.4, 0.5) is 0 Å². The van der Waals surface area contributed by atoms with Gasteiger partial charge in [0.15, 0.2) is 5.96 Å². The number of nitrogens with zero attached hydrogens (tertiary/aromatic N) is 2. The van der Waals surface area contributed by atoms with Crippen LogP contribution in [0.5, 0.6) is 0 Å². The van der Waals surface area contributed by atoms with E-state index < -0.39 is 0 Å². The first kappa shape index (κ1) is 22.2. The molecule has 4 nitrogen and oxygen atoms in total. The molecule has 0 fully saturated rings. The van der Waals surface area contributed by atoms with Crippen LogP contribution in [0, 0.1) is 6.92 Å². The summed E-state index contributed by atoms with van der Waals surface area (Å²) in [5.74, 6) is 0.867. The minimum Gasteiger partial charge on any atom is -0.356 e. The fourth-order valence-electron chi connectivity index (χ4n) is 2.20. The molecule has 0 bridgehead atoms. The molecule has 0 aliphatic heterocycles. The van der Waals surface area contributed by atoms with E-state index in [1.54, 1.807) is 11.3 Å². The van der Waals surface area contributed by atoms with E-state index in [-0.39, 0.29) is 24.0 Å². The molecule has 1 aromatic carbocycles. The fraction of sp³-hybridized carbons (Fsp3) is 0.444. The van der Waals surface area contributed by atoms with Gasteiger partial charge in [0.05, 0.1) is 5.01 Å². The van der Waals surface area contributed by atoms with Gasteiger partial charge >= 0.3 is 0 Å².